The summed E-state index contributed by atoms with van der Waals surface area (Å²) in [6.45, 7) is 1.83. The highest BCUT2D eigenvalue weighted by molar-refractivity contribution is 6.40. The lowest BCUT2D eigenvalue weighted by molar-refractivity contribution is -0.144. The van der Waals surface area contributed by atoms with E-state index in [1.165, 1.54) is 0 Å². The Morgan fingerprint density at radius 2 is 2.21 bits per heavy atom. The van der Waals surface area contributed by atoms with E-state index in [-0.39, 0.29) is 12.4 Å². The zero-order valence-electron chi connectivity index (χ0n) is 11.1. The predicted octanol–water partition coefficient (Wildman–Crippen LogP) is -1.64. The molecule has 7 N–H and O–H groups in total. The smallest absolute Gasteiger partial charge is 0.451 e. The van der Waals surface area contributed by atoms with E-state index >= 15 is 0 Å². The molecule has 1 heterocycles. The highest BCUT2D eigenvalue weighted by Crippen LogP contribution is 2.26. The summed E-state index contributed by atoms with van der Waals surface area (Å²) in [7, 11) is -1.31. The minimum absolute atomic E-state index is 0.128. The van der Waals surface area contributed by atoms with Crippen molar-refractivity contribution in [3.05, 3.63) is 0 Å². The molecule has 110 valence electrons. The Kier molecular flexibility index (Phi) is 6.74. The number of hydrogen-bond acceptors (Lipinski definition) is 6. The van der Waals surface area contributed by atoms with Gasteiger partial charge in [0.05, 0.1) is 0 Å². The molecule has 7 nitrogen and oxygen atoms in total. The third kappa shape index (κ3) is 5.08. The van der Waals surface area contributed by atoms with Crippen LogP contribution in [0.4, 0.5) is 0 Å². The molecule has 19 heavy (non-hydrogen) atoms. The maximum absolute atomic E-state index is 11.5. The van der Waals surface area contributed by atoms with Crippen LogP contribution < -0.4 is 16.4 Å². The van der Waals surface area contributed by atoms with Crippen molar-refractivity contribution in [1.29, 1.82) is 0 Å². The lowest BCUT2D eigenvalue weighted by Crippen LogP contribution is -2.47. The van der Waals surface area contributed by atoms with Crippen LogP contribution in [0.1, 0.15) is 25.7 Å². The van der Waals surface area contributed by atoms with Gasteiger partial charge in [-0.05, 0) is 19.2 Å². The molecule has 1 aliphatic rings. The standard InChI is InChI=1S/C11H24BN3O4/c13-5-6-14-9-7-11(10(16)17,15-8-9)3-1-2-4-12(18)19/h9,14-15,18-19H,1-8,13H2,(H,16,17)/t9-,11-/m1/s1. The van der Waals surface area contributed by atoms with Crippen LogP contribution in [0.25, 0.3) is 0 Å². The third-order valence-corrected chi connectivity index (χ3v) is 3.58. The van der Waals surface area contributed by atoms with Gasteiger partial charge in [-0.3, -0.25) is 4.79 Å². The van der Waals surface area contributed by atoms with E-state index in [1.54, 1.807) is 0 Å². The van der Waals surface area contributed by atoms with Gasteiger partial charge in [0, 0.05) is 25.7 Å². The Hall–Kier alpha value is -0.665. The molecule has 8 heteroatoms. The van der Waals surface area contributed by atoms with E-state index in [9.17, 15) is 9.90 Å². The number of rotatable bonds is 9. The van der Waals surface area contributed by atoms with Crippen molar-refractivity contribution >= 4 is 13.1 Å². The van der Waals surface area contributed by atoms with Crippen LogP contribution in [0.3, 0.4) is 0 Å². The van der Waals surface area contributed by atoms with Crippen molar-refractivity contribution in [2.75, 3.05) is 19.6 Å². The quantitative estimate of drug-likeness (QED) is 0.220. The second-order valence-electron chi connectivity index (χ2n) is 5.14. The van der Waals surface area contributed by atoms with Crippen LogP contribution in [-0.4, -0.2) is 59.5 Å². The maximum Gasteiger partial charge on any atom is 0.451 e. The Balaban J connectivity index is 2.41. The van der Waals surface area contributed by atoms with Crippen LogP contribution in [0.5, 0.6) is 0 Å². The van der Waals surface area contributed by atoms with Gasteiger partial charge in [0.25, 0.3) is 0 Å². The monoisotopic (exact) mass is 273 g/mol. The molecule has 1 rings (SSSR count). The lowest BCUT2D eigenvalue weighted by Gasteiger charge is -2.24. The molecular formula is C11H24BN3O4. The molecule has 0 aromatic carbocycles. The van der Waals surface area contributed by atoms with Crippen LogP contribution in [0.15, 0.2) is 0 Å². The summed E-state index contributed by atoms with van der Waals surface area (Å²) in [5, 5.41) is 33.2. The average Bonchev–Trinajstić information content (AvgIpc) is 2.77. The summed E-state index contributed by atoms with van der Waals surface area (Å²) in [6.07, 6.45) is 2.57. The molecule has 1 aliphatic heterocycles. The van der Waals surface area contributed by atoms with Gasteiger partial charge in [0.15, 0.2) is 0 Å². The molecule has 1 fully saturated rings. The maximum atomic E-state index is 11.5. The molecule has 0 radical (unpaired) electrons. The summed E-state index contributed by atoms with van der Waals surface area (Å²) in [6, 6.07) is 0.128. The fraction of sp³-hybridized carbons (Fsp3) is 0.909. The van der Waals surface area contributed by atoms with Gasteiger partial charge in [-0.15, -0.1) is 0 Å². The molecule has 0 aromatic rings. The highest BCUT2D eigenvalue weighted by Gasteiger charge is 2.44. The fourth-order valence-corrected chi connectivity index (χ4v) is 2.53. The summed E-state index contributed by atoms with van der Waals surface area (Å²) in [5.74, 6) is -0.839. The van der Waals surface area contributed by atoms with E-state index in [0.29, 0.717) is 45.3 Å². The number of carbonyl (C=O) groups is 1. The minimum atomic E-state index is -1.31. The normalized spacial score (nSPS) is 26.6. The molecule has 0 amide bonds. The Morgan fingerprint density at radius 1 is 1.47 bits per heavy atom. The Bertz CT molecular complexity index is 293. The van der Waals surface area contributed by atoms with Crippen molar-refractivity contribution in [3.63, 3.8) is 0 Å². The van der Waals surface area contributed by atoms with Gasteiger partial charge in [-0.2, -0.15) is 0 Å². The topological polar surface area (TPSA) is 128 Å². The van der Waals surface area contributed by atoms with Gasteiger partial charge >= 0.3 is 13.1 Å². The van der Waals surface area contributed by atoms with Crippen molar-refractivity contribution < 1.29 is 19.9 Å². The summed E-state index contributed by atoms with van der Waals surface area (Å²) >= 11 is 0. The molecule has 2 atom stereocenters. The van der Waals surface area contributed by atoms with Crippen molar-refractivity contribution in [2.24, 2.45) is 5.73 Å². The van der Waals surface area contributed by atoms with Crippen LogP contribution >= 0.6 is 0 Å². The van der Waals surface area contributed by atoms with E-state index in [0.717, 1.165) is 0 Å². The number of aliphatic carboxylic acids is 1. The van der Waals surface area contributed by atoms with Gasteiger partial charge in [0.1, 0.15) is 5.54 Å². The number of carboxylic acid groups (broad SMARTS) is 1. The van der Waals surface area contributed by atoms with Gasteiger partial charge < -0.3 is 31.5 Å². The van der Waals surface area contributed by atoms with E-state index in [4.69, 9.17) is 15.8 Å². The first-order valence-electron chi connectivity index (χ1n) is 6.78. The lowest BCUT2D eigenvalue weighted by atomic mass is 9.81. The number of nitrogens with one attached hydrogen (secondary N) is 2. The number of carboxylic acids is 1. The zero-order chi connectivity index (χ0) is 14.3. The predicted molar refractivity (Wildman–Crippen MR) is 72.7 cm³/mol. The first-order valence-corrected chi connectivity index (χ1v) is 6.78. The molecule has 0 bridgehead atoms. The minimum Gasteiger partial charge on any atom is -0.480 e. The molecule has 0 aromatic heterocycles. The number of hydrogen-bond donors (Lipinski definition) is 6. The highest BCUT2D eigenvalue weighted by atomic mass is 16.4. The summed E-state index contributed by atoms with van der Waals surface area (Å²) in [5.41, 5.74) is 4.52. The molecule has 1 saturated heterocycles. The Morgan fingerprint density at radius 3 is 2.79 bits per heavy atom. The van der Waals surface area contributed by atoms with E-state index < -0.39 is 18.6 Å². The second kappa shape index (κ2) is 7.81. The number of unbranched alkanes of at least 4 members (excludes halogenated alkanes) is 1. The molecular weight excluding hydrogens is 249 g/mol. The summed E-state index contributed by atoms with van der Waals surface area (Å²) in [4.78, 5) is 11.5. The molecule has 0 unspecified atom stereocenters. The first kappa shape index (κ1) is 16.4. The van der Waals surface area contributed by atoms with Crippen molar-refractivity contribution in [1.82, 2.24) is 10.6 Å². The van der Waals surface area contributed by atoms with Crippen LogP contribution in [0, 0.1) is 0 Å². The van der Waals surface area contributed by atoms with Gasteiger partial charge in [0.2, 0.25) is 0 Å². The van der Waals surface area contributed by atoms with Gasteiger partial charge in [-0.25, -0.2) is 0 Å². The van der Waals surface area contributed by atoms with E-state index in [2.05, 4.69) is 10.6 Å². The first-order chi connectivity index (χ1) is 9.00. The van der Waals surface area contributed by atoms with Crippen LogP contribution in [0.2, 0.25) is 6.32 Å². The number of nitrogens with two attached hydrogens (primary N) is 1. The SMILES string of the molecule is NCCN[C@H]1CN[C@@](CCCCB(O)O)(C(=O)O)C1. The Labute approximate surface area is 113 Å². The van der Waals surface area contributed by atoms with Crippen molar-refractivity contribution in [2.45, 2.75) is 43.6 Å². The second-order valence-corrected chi connectivity index (χ2v) is 5.14. The third-order valence-electron chi connectivity index (χ3n) is 3.58. The van der Waals surface area contributed by atoms with Gasteiger partial charge in [-0.1, -0.05) is 12.8 Å². The zero-order valence-corrected chi connectivity index (χ0v) is 11.1. The molecule has 0 spiro atoms. The average molecular weight is 273 g/mol. The van der Waals surface area contributed by atoms with Crippen LogP contribution in [-0.2, 0) is 4.79 Å². The fourth-order valence-electron chi connectivity index (χ4n) is 2.53. The largest absolute Gasteiger partial charge is 0.480 e. The molecule has 0 aliphatic carbocycles. The summed E-state index contributed by atoms with van der Waals surface area (Å²) < 4.78 is 0. The van der Waals surface area contributed by atoms with E-state index in [1.807, 2.05) is 0 Å². The van der Waals surface area contributed by atoms with Crippen molar-refractivity contribution in [3.8, 4) is 0 Å². The molecule has 0 saturated carbocycles.